The number of aromatic nitrogens is 1. The monoisotopic (exact) mass is 423 g/mol. The largest absolute Gasteiger partial charge is 0.478 e. The van der Waals surface area contributed by atoms with Crippen molar-refractivity contribution in [2.75, 3.05) is 12.4 Å². The lowest BCUT2D eigenvalue weighted by atomic mass is 9.50. The quantitative estimate of drug-likeness (QED) is 0.572. The molecule has 8 heteroatoms. The van der Waals surface area contributed by atoms with Gasteiger partial charge in [0.25, 0.3) is 5.91 Å². The number of pyridine rings is 1. The molecule has 0 atom stereocenters. The fraction of sp³-hybridized carbons (Fsp3) is 0.261. The Labute approximate surface area is 176 Å². The van der Waals surface area contributed by atoms with Crippen molar-refractivity contribution in [3.8, 4) is 11.1 Å². The van der Waals surface area contributed by atoms with E-state index in [9.17, 15) is 18.4 Å². The zero-order chi connectivity index (χ0) is 21.9. The summed E-state index contributed by atoms with van der Waals surface area (Å²) in [6.45, 7) is 0. The molecule has 3 aromatic rings. The van der Waals surface area contributed by atoms with Crippen molar-refractivity contribution in [2.45, 2.75) is 24.8 Å². The van der Waals surface area contributed by atoms with Crippen LogP contribution in [0.3, 0.4) is 0 Å². The topological polar surface area (TPSA) is 91.3 Å². The molecule has 3 fully saturated rings. The molecule has 158 valence electrons. The van der Waals surface area contributed by atoms with Crippen LogP contribution in [-0.4, -0.2) is 34.6 Å². The van der Waals surface area contributed by atoms with Crippen LogP contribution in [0.5, 0.6) is 0 Å². The molecule has 0 aliphatic heterocycles. The minimum Gasteiger partial charge on any atom is -0.478 e. The van der Waals surface area contributed by atoms with Crippen LogP contribution >= 0.6 is 0 Å². The van der Waals surface area contributed by atoms with E-state index in [0.717, 1.165) is 31.4 Å². The van der Waals surface area contributed by atoms with Crippen LogP contribution in [0.25, 0.3) is 22.0 Å². The molecular weight excluding hydrogens is 404 g/mol. The van der Waals surface area contributed by atoms with E-state index in [0.29, 0.717) is 28.1 Å². The number of nitrogens with zero attached hydrogens (tertiary/aromatic N) is 1. The third-order valence-corrected chi connectivity index (χ3v) is 6.37. The molecule has 1 heterocycles. The van der Waals surface area contributed by atoms with Gasteiger partial charge in [-0.1, -0.05) is 6.07 Å². The van der Waals surface area contributed by atoms with Gasteiger partial charge in [-0.25, -0.2) is 13.6 Å². The molecule has 3 aliphatic rings. The van der Waals surface area contributed by atoms with Crippen LogP contribution in [0, 0.1) is 17.6 Å². The number of carbonyl (C=O) groups excluding carboxylic acids is 1. The van der Waals surface area contributed by atoms with Gasteiger partial charge in [0.2, 0.25) is 0 Å². The van der Waals surface area contributed by atoms with Gasteiger partial charge in [0.15, 0.2) is 0 Å². The maximum atomic E-state index is 14.9. The van der Waals surface area contributed by atoms with Gasteiger partial charge in [-0.15, -0.1) is 0 Å². The fourth-order valence-corrected chi connectivity index (χ4v) is 4.63. The molecule has 0 radical (unpaired) electrons. The van der Waals surface area contributed by atoms with E-state index in [1.54, 1.807) is 0 Å². The molecule has 2 bridgehead atoms. The Morgan fingerprint density at radius 2 is 1.84 bits per heavy atom. The minimum absolute atomic E-state index is 0.0501. The zero-order valence-electron chi connectivity index (χ0n) is 16.6. The Kier molecular flexibility index (Phi) is 4.22. The van der Waals surface area contributed by atoms with Crippen molar-refractivity contribution in [1.82, 2.24) is 10.3 Å². The summed E-state index contributed by atoms with van der Waals surface area (Å²) in [6, 6.07) is 6.25. The van der Waals surface area contributed by atoms with E-state index in [1.165, 1.54) is 31.4 Å². The normalized spacial score (nSPS) is 21.2. The second kappa shape index (κ2) is 6.73. The number of hydrogen-bond donors (Lipinski definition) is 3. The first-order valence-electron chi connectivity index (χ1n) is 9.96. The summed E-state index contributed by atoms with van der Waals surface area (Å²) in [6.07, 6.45) is 4.51. The average Bonchev–Trinajstić information content (AvgIpc) is 2.68. The van der Waals surface area contributed by atoms with Crippen LogP contribution in [0.2, 0.25) is 0 Å². The summed E-state index contributed by atoms with van der Waals surface area (Å²) in [5.74, 6) is -2.56. The Balaban J connectivity index is 1.68. The van der Waals surface area contributed by atoms with E-state index in [4.69, 9.17) is 5.11 Å². The maximum absolute atomic E-state index is 14.9. The molecule has 1 amide bonds. The molecular formula is C23H19F2N3O3. The minimum atomic E-state index is -1.40. The molecule has 6 rings (SSSR count). The van der Waals surface area contributed by atoms with Gasteiger partial charge in [0, 0.05) is 35.8 Å². The van der Waals surface area contributed by atoms with Crippen LogP contribution < -0.4 is 10.6 Å². The second-order valence-electron chi connectivity index (χ2n) is 8.36. The Hall–Kier alpha value is -3.55. The number of anilines is 1. The van der Waals surface area contributed by atoms with E-state index in [2.05, 4.69) is 15.6 Å². The van der Waals surface area contributed by atoms with Crippen LogP contribution in [0.4, 0.5) is 14.5 Å². The van der Waals surface area contributed by atoms with Crippen molar-refractivity contribution < 1.29 is 23.5 Å². The standard InChI is InChI=1S/C23H19F2N3O3/c1-26-21(29)16-10-27-19-6-18(25)14(12-2-3-13(22(30)31)17(24)4-12)5-15(19)20(16)28-23-7-11(8-23)9-23/h2-6,10-11H,7-9H2,1H3,(H,26,29)(H,27,28)(H,30,31). The van der Waals surface area contributed by atoms with Gasteiger partial charge in [-0.2, -0.15) is 0 Å². The molecule has 2 aromatic carbocycles. The summed E-state index contributed by atoms with van der Waals surface area (Å²) in [7, 11) is 1.53. The van der Waals surface area contributed by atoms with Crippen molar-refractivity contribution in [3.63, 3.8) is 0 Å². The molecule has 0 spiro atoms. The Morgan fingerprint density at radius 3 is 2.42 bits per heavy atom. The number of carbonyl (C=O) groups is 2. The molecule has 31 heavy (non-hydrogen) atoms. The Morgan fingerprint density at radius 1 is 1.10 bits per heavy atom. The van der Waals surface area contributed by atoms with E-state index < -0.39 is 23.2 Å². The third kappa shape index (κ3) is 3.01. The first-order chi connectivity index (χ1) is 14.8. The molecule has 6 nitrogen and oxygen atoms in total. The summed E-state index contributed by atoms with van der Waals surface area (Å²) in [5.41, 5.74) is 1.05. The first kappa shape index (κ1) is 19.4. The molecule has 0 saturated heterocycles. The lowest BCUT2D eigenvalue weighted by molar-refractivity contribution is 0.00220. The number of aromatic carboxylic acids is 1. The van der Waals surface area contributed by atoms with Gasteiger partial charge in [0.1, 0.15) is 11.6 Å². The third-order valence-electron chi connectivity index (χ3n) is 6.37. The van der Waals surface area contributed by atoms with Crippen molar-refractivity contribution in [1.29, 1.82) is 0 Å². The molecule has 3 N–H and O–H groups in total. The van der Waals surface area contributed by atoms with Gasteiger partial charge >= 0.3 is 5.97 Å². The average molecular weight is 423 g/mol. The second-order valence-corrected chi connectivity index (χ2v) is 8.36. The number of carboxylic acids is 1. The molecule has 0 unspecified atom stereocenters. The van der Waals surface area contributed by atoms with Crippen molar-refractivity contribution in [3.05, 3.63) is 59.3 Å². The summed E-state index contributed by atoms with van der Waals surface area (Å²) >= 11 is 0. The number of hydrogen-bond acceptors (Lipinski definition) is 4. The molecule has 3 saturated carbocycles. The lowest BCUT2D eigenvalue weighted by Gasteiger charge is -2.62. The number of nitrogens with one attached hydrogen (secondary N) is 2. The van der Waals surface area contributed by atoms with Gasteiger partial charge < -0.3 is 15.7 Å². The van der Waals surface area contributed by atoms with E-state index in [1.807, 2.05) is 0 Å². The SMILES string of the molecule is CNC(=O)c1cnc2cc(F)c(-c3ccc(C(=O)O)c(F)c3)cc2c1NC12CC(C1)C2. The van der Waals surface area contributed by atoms with E-state index >= 15 is 0 Å². The zero-order valence-corrected chi connectivity index (χ0v) is 16.6. The highest BCUT2D eigenvalue weighted by Crippen LogP contribution is 2.59. The van der Waals surface area contributed by atoms with Crippen LogP contribution in [0.15, 0.2) is 36.5 Å². The maximum Gasteiger partial charge on any atom is 0.338 e. The van der Waals surface area contributed by atoms with Gasteiger partial charge in [-0.05, 0) is 48.9 Å². The highest BCUT2D eigenvalue weighted by molar-refractivity contribution is 6.08. The highest BCUT2D eigenvalue weighted by Gasteiger charge is 2.56. The predicted molar refractivity (Wildman–Crippen MR) is 111 cm³/mol. The summed E-state index contributed by atoms with van der Waals surface area (Å²) < 4.78 is 29.1. The lowest BCUT2D eigenvalue weighted by Crippen LogP contribution is -2.63. The number of rotatable bonds is 5. The predicted octanol–water partition coefficient (Wildman–Crippen LogP) is 4.20. The van der Waals surface area contributed by atoms with Crippen molar-refractivity contribution in [2.24, 2.45) is 5.92 Å². The number of benzene rings is 2. The summed E-state index contributed by atoms with van der Waals surface area (Å²) in [4.78, 5) is 27.8. The highest BCUT2D eigenvalue weighted by atomic mass is 19.1. The van der Waals surface area contributed by atoms with Crippen LogP contribution in [0.1, 0.15) is 40.0 Å². The molecule has 3 aliphatic carbocycles. The number of carboxylic acid groups (broad SMARTS) is 1. The molecule has 1 aromatic heterocycles. The van der Waals surface area contributed by atoms with E-state index in [-0.39, 0.29) is 22.6 Å². The fourth-order valence-electron chi connectivity index (χ4n) is 4.63. The van der Waals surface area contributed by atoms with Gasteiger partial charge in [-0.3, -0.25) is 9.78 Å². The number of fused-ring (bicyclic) bond motifs is 1. The smallest absolute Gasteiger partial charge is 0.338 e. The van der Waals surface area contributed by atoms with Crippen LogP contribution in [-0.2, 0) is 0 Å². The summed E-state index contributed by atoms with van der Waals surface area (Å²) in [5, 5.41) is 15.7. The number of halogens is 2. The van der Waals surface area contributed by atoms with Crippen molar-refractivity contribution >= 4 is 28.5 Å². The first-order valence-corrected chi connectivity index (χ1v) is 9.96. The van der Waals surface area contributed by atoms with Gasteiger partial charge in [0.05, 0.1) is 22.3 Å². The Bertz CT molecular complexity index is 1260. The number of amides is 1.